The van der Waals surface area contributed by atoms with Gasteiger partial charge in [0.1, 0.15) is 18.2 Å². The highest BCUT2D eigenvalue weighted by atomic mass is 19.4. The molecule has 25 heavy (non-hydrogen) atoms. The minimum atomic E-state index is -4.38. The van der Waals surface area contributed by atoms with Crippen molar-refractivity contribution in [1.82, 2.24) is 20.2 Å². The molecule has 0 aliphatic carbocycles. The third-order valence-corrected chi connectivity index (χ3v) is 3.92. The highest BCUT2D eigenvalue weighted by Crippen LogP contribution is 2.18. The van der Waals surface area contributed by atoms with Crippen molar-refractivity contribution >= 4 is 11.7 Å². The summed E-state index contributed by atoms with van der Waals surface area (Å²) in [4.78, 5) is 24.6. The second-order valence-electron chi connectivity index (χ2n) is 6.54. The molecule has 1 aromatic rings. The van der Waals surface area contributed by atoms with Gasteiger partial charge in [-0.05, 0) is 6.92 Å². The van der Waals surface area contributed by atoms with Crippen LogP contribution in [-0.2, 0) is 4.79 Å². The summed E-state index contributed by atoms with van der Waals surface area (Å²) in [6.45, 7) is 7.22. The standard InChI is InChI=1S/C16H24F3N5O/c1-11(2)15-21-12(3)8-13(22-15)24-6-4-23(5-7-24)9-14(25)20-10-16(17,18)19/h8,11H,4-7,9-10H2,1-3H3,(H,20,25). The lowest BCUT2D eigenvalue weighted by Gasteiger charge is -2.35. The largest absolute Gasteiger partial charge is 0.405 e. The number of halogens is 3. The number of hydrogen-bond donors (Lipinski definition) is 1. The van der Waals surface area contributed by atoms with E-state index in [4.69, 9.17) is 0 Å². The summed E-state index contributed by atoms with van der Waals surface area (Å²) < 4.78 is 36.3. The third-order valence-electron chi connectivity index (χ3n) is 3.92. The number of nitrogens with zero attached hydrogens (tertiary/aromatic N) is 4. The lowest BCUT2D eigenvalue weighted by Crippen LogP contribution is -2.50. The van der Waals surface area contributed by atoms with E-state index in [-0.39, 0.29) is 12.5 Å². The number of carbonyl (C=O) groups is 1. The second kappa shape index (κ2) is 7.99. The molecule has 1 saturated heterocycles. The van der Waals surface area contributed by atoms with Gasteiger partial charge in [-0.25, -0.2) is 9.97 Å². The Kier molecular flexibility index (Phi) is 6.21. The average Bonchev–Trinajstić information content (AvgIpc) is 2.52. The van der Waals surface area contributed by atoms with Crippen molar-refractivity contribution in [3.8, 4) is 0 Å². The Morgan fingerprint density at radius 2 is 1.88 bits per heavy atom. The Bertz CT molecular complexity index is 598. The maximum Gasteiger partial charge on any atom is 0.405 e. The van der Waals surface area contributed by atoms with Crippen molar-refractivity contribution in [3.05, 3.63) is 17.6 Å². The molecule has 1 N–H and O–H groups in total. The molecule has 0 bridgehead atoms. The normalized spacial score (nSPS) is 16.4. The first-order valence-electron chi connectivity index (χ1n) is 8.30. The number of anilines is 1. The van der Waals surface area contributed by atoms with Crippen LogP contribution in [-0.4, -0.2) is 66.2 Å². The molecule has 140 valence electrons. The smallest absolute Gasteiger partial charge is 0.354 e. The quantitative estimate of drug-likeness (QED) is 0.867. The molecule has 6 nitrogen and oxygen atoms in total. The van der Waals surface area contributed by atoms with E-state index in [1.807, 2.05) is 37.1 Å². The minimum absolute atomic E-state index is 0.0238. The fraction of sp³-hybridized carbons (Fsp3) is 0.688. The Morgan fingerprint density at radius 1 is 1.24 bits per heavy atom. The molecule has 0 aromatic carbocycles. The van der Waals surface area contributed by atoms with Gasteiger partial charge < -0.3 is 10.2 Å². The van der Waals surface area contributed by atoms with Gasteiger partial charge in [0.25, 0.3) is 0 Å². The van der Waals surface area contributed by atoms with Gasteiger partial charge >= 0.3 is 6.18 Å². The predicted octanol–water partition coefficient (Wildman–Crippen LogP) is 1.71. The van der Waals surface area contributed by atoms with E-state index in [0.717, 1.165) is 17.3 Å². The molecule has 1 aliphatic rings. The molecule has 0 unspecified atom stereocenters. The first-order valence-corrected chi connectivity index (χ1v) is 8.30. The van der Waals surface area contributed by atoms with Crippen molar-refractivity contribution in [2.24, 2.45) is 0 Å². The molecule has 1 fully saturated rings. The molecule has 0 radical (unpaired) electrons. The van der Waals surface area contributed by atoms with Gasteiger partial charge in [-0.1, -0.05) is 13.8 Å². The van der Waals surface area contributed by atoms with Gasteiger partial charge in [-0.15, -0.1) is 0 Å². The number of aryl methyl sites for hydroxylation is 1. The van der Waals surface area contributed by atoms with E-state index in [0.29, 0.717) is 26.2 Å². The summed E-state index contributed by atoms with van der Waals surface area (Å²) in [6.07, 6.45) is -4.38. The molecule has 0 atom stereocenters. The van der Waals surface area contributed by atoms with Crippen LogP contribution in [0.2, 0.25) is 0 Å². The van der Waals surface area contributed by atoms with Crippen LogP contribution >= 0.6 is 0 Å². The zero-order chi connectivity index (χ0) is 18.6. The first kappa shape index (κ1) is 19.4. The molecule has 2 rings (SSSR count). The van der Waals surface area contributed by atoms with Crippen molar-refractivity contribution in [2.45, 2.75) is 32.9 Å². The number of piperazine rings is 1. The lowest BCUT2D eigenvalue weighted by atomic mass is 10.2. The summed E-state index contributed by atoms with van der Waals surface area (Å²) in [7, 11) is 0. The van der Waals surface area contributed by atoms with Gasteiger partial charge in [-0.3, -0.25) is 9.69 Å². The highest BCUT2D eigenvalue weighted by molar-refractivity contribution is 5.78. The summed E-state index contributed by atoms with van der Waals surface area (Å²) in [5, 5.41) is 1.90. The van der Waals surface area contributed by atoms with Crippen LogP contribution in [0.1, 0.15) is 31.3 Å². The molecule has 9 heteroatoms. The number of carbonyl (C=O) groups excluding carboxylic acids is 1. The maximum absolute atomic E-state index is 12.1. The van der Waals surface area contributed by atoms with E-state index in [1.54, 1.807) is 0 Å². The van der Waals surface area contributed by atoms with Gasteiger partial charge in [0.2, 0.25) is 5.91 Å². The van der Waals surface area contributed by atoms with E-state index in [9.17, 15) is 18.0 Å². The van der Waals surface area contributed by atoms with Crippen molar-refractivity contribution in [3.63, 3.8) is 0 Å². The molecular formula is C16H24F3N5O. The number of amides is 1. The number of alkyl halides is 3. The molecule has 1 aliphatic heterocycles. The maximum atomic E-state index is 12.1. The lowest BCUT2D eigenvalue weighted by molar-refractivity contribution is -0.139. The van der Waals surface area contributed by atoms with Gasteiger partial charge in [0, 0.05) is 43.9 Å². The van der Waals surface area contributed by atoms with Crippen LogP contribution in [0.3, 0.4) is 0 Å². The van der Waals surface area contributed by atoms with Crippen LogP contribution in [0.5, 0.6) is 0 Å². The van der Waals surface area contributed by atoms with Gasteiger partial charge in [0.15, 0.2) is 0 Å². The van der Waals surface area contributed by atoms with E-state index < -0.39 is 18.6 Å². The summed E-state index contributed by atoms with van der Waals surface area (Å²) in [5.41, 5.74) is 0.905. The van der Waals surface area contributed by atoms with E-state index >= 15 is 0 Å². The van der Waals surface area contributed by atoms with Crippen LogP contribution in [0, 0.1) is 6.92 Å². The molecule has 0 spiro atoms. The first-order chi connectivity index (χ1) is 11.6. The Labute approximate surface area is 145 Å². The highest BCUT2D eigenvalue weighted by Gasteiger charge is 2.28. The summed E-state index contributed by atoms with van der Waals surface area (Å²) >= 11 is 0. The molecule has 2 heterocycles. The van der Waals surface area contributed by atoms with Crippen LogP contribution < -0.4 is 10.2 Å². The Hall–Kier alpha value is -1.90. The zero-order valence-electron chi connectivity index (χ0n) is 14.7. The number of hydrogen-bond acceptors (Lipinski definition) is 5. The van der Waals surface area contributed by atoms with Crippen LogP contribution in [0.4, 0.5) is 19.0 Å². The fourth-order valence-corrected chi connectivity index (χ4v) is 2.59. The Balaban J connectivity index is 1.86. The van der Waals surface area contributed by atoms with Crippen LogP contribution in [0.25, 0.3) is 0 Å². The van der Waals surface area contributed by atoms with Gasteiger partial charge in [-0.2, -0.15) is 13.2 Å². The van der Waals surface area contributed by atoms with Gasteiger partial charge in [0.05, 0.1) is 6.54 Å². The summed E-state index contributed by atoms with van der Waals surface area (Å²) in [6, 6.07) is 1.93. The molecule has 0 saturated carbocycles. The molecule has 1 amide bonds. The molecular weight excluding hydrogens is 335 g/mol. The minimum Gasteiger partial charge on any atom is -0.354 e. The van der Waals surface area contributed by atoms with Crippen molar-refractivity contribution in [2.75, 3.05) is 44.2 Å². The Morgan fingerprint density at radius 3 is 2.44 bits per heavy atom. The summed E-state index contributed by atoms with van der Waals surface area (Å²) in [5.74, 6) is 1.28. The third kappa shape index (κ3) is 6.15. The average molecular weight is 359 g/mol. The van der Waals surface area contributed by atoms with Crippen molar-refractivity contribution < 1.29 is 18.0 Å². The van der Waals surface area contributed by atoms with Crippen molar-refractivity contribution in [1.29, 1.82) is 0 Å². The topological polar surface area (TPSA) is 61.4 Å². The fourth-order valence-electron chi connectivity index (χ4n) is 2.59. The number of aromatic nitrogens is 2. The SMILES string of the molecule is Cc1cc(N2CCN(CC(=O)NCC(F)(F)F)CC2)nc(C(C)C)n1. The van der Waals surface area contributed by atoms with E-state index in [2.05, 4.69) is 14.9 Å². The number of rotatable bonds is 5. The van der Waals surface area contributed by atoms with Crippen LogP contribution in [0.15, 0.2) is 6.07 Å². The molecule has 1 aromatic heterocycles. The zero-order valence-corrected chi connectivity index (χ0v) is 14.7. The number of nitrogens with one attached hydrogen (secondary N) is 1. The predicted molar refractivity (Wildman–Crippen MR) is 88.6 cm³/mol. The van der Waals surface area contributed by atoms with E-state index in [1.165, 1.54) is 0 Å². The monoisotopic (exact) mass is 359 g/mol. The second-order valence-corrected chi connectivity index (χ2v) is 6.54.